The minimum absolute atomic E-state index is 0.587. The van der Waals surface area contributed by atoms with Crippen molar-refractivity contribution in [1.29, 1.82) is 0 Å². The predicted molar refractivity (Wildman–Crippen MR) is 65.8 cm³/mol. The zero-order valence-corrected chi connectivity index (χ0v) is 10.7. The van der Waals surface area contributed by atoms with E-state index in [0.29, 0.717) is 6.04 Å². The SMILES string of the molecule is CCN1CCCC[C@H]1c1ccc(Br)nc1. The molecule has 0 aromatic carbocycles. The summed E-state index contributed by atoms with van der Waals surface area (Å²) in [7, 11) is 0. The zero-order chi connectivity index (χ0) is 10.7. The highest BCUT2D eigenvalue weighted by atomic mass is 79.9. The Bertz CT molecular complexity index is 310. The van der Waals surface area contributed by atoms with E-state index in [1.807, 2.05) is 12.3 Å². The van der Waals surface area contributed by atoms with Gasteiger partial charge in [0.05, 0.1) is 0 Å². The second-order valence-electron chi connectivity index (χ2n) is 4.05. The van der Waals surface area contributed by atoms with Gasteiger partial charge < -0.3 is 0 Å². The summed E-state index contributed by atoms with van der Waals surface area (Å²) >= 11 is 3.38. The van der Waals surface area contributed by atoms with Gasteiger partial charge in [0.1, 0.15) is 4.60 Å². The number of rotatable bonds is 2. The minimum atomic E-state index is 0.587. The molecule has 3 heteroatoms. The van der Waals surface area contributed by atoms with E-state index in [9.17, 15) is 0 Å². The lowest BCUT2D eigenvalue weighted by Gasteiger charge is -2.34. The Balaban J connectivity index is 2.16. The molecule has 1 atom stereocenters. The van der Waals surface area contributed by atoms with Crippen LogP contribution >= 0.6 is 15.9 Å². The Morgan fingerprint density at radius 3 is 3.00 bits per heavy atom. The highest BCUT2D eigenvalue weighted by Crippen LogP contribution is 2.30. The Morgan fingerprint density at radius 2 is 2.33 bits per heavy atom. The molecule has 1 aromatic rings. The van der Waals surface area contributed by atoms with E-state index in [0.717, 1.165) is 11.1 Å². The van der Waals surface area contributed by atoms with Crippen LogP contribution in [-0.2, 0) is 0 Å². The summed E-state index contributed by atoms with van der Waals surface area (Å²) < 4.78 is 0.921. The number of pyridine rings is 1. The fourth-order valence-corrected chi connectivity index (χ4v) is 2.57. The van der Waals surface area contributed by atoms with E-state index in [1.54, 1.807) is 0 Å². The Morgan fingerprint density at radius 1 is 1.47 bits per heavy atom. The fraction of sp³-hybridized carbons (Fsp3) is 0.583. The summed E-state index contributed by atoms with van der Waals surface area (Å²) in [6, 6.07) is 4.82. The van der Waals surface area contributed by atoms with Gasteiger partial charge in [-0.2, -0.15) is 0 Å². The Hall–Kier alpha value is -0.410. The molecule has 0 radical (unpaired) electrons. The minimum Gasteiger partial charge on any atom is -0.297 e. The molecule has 0 unspecified atom stereocenters. The Labute approximate surface area is 99.8 Å². The average Bonchev–Trinajstić information content (AvgIpc) is 2.30. The largest absolute Gasteiger partial charge is 0.297 e. The van der Waals surface area contributed by atoms with Gasteiger partial charge in [0, 0.05) is 12.2 Å². The van der Waals surface area contributed by atoms with Crippen molar-refractivity contribution >= 4 is 15.9 Å². The van der Waals surface area contributed by atoms with Crippen molar-refractivity contribution in [3.8, 4) is 0 Å². The van der Waals surface area contributed by atoms with E-state index < -0.39 is 0 Å². The third kappa shape index (κ3) is 2.58. The number of hydrogen-bond acceptors (Lipinski definition) is 2. The smallest absolute Gasteiger partial charge is 0.106 e. The van der Waals surface area contributed by atoms with Crippen molar-refractivity contribution < 1.29 is 0 Å². The molecule has 0 bridgehead atoms. The van der Waals surface area contributed by atoms with E-state index >= 15 is 0 Å². The van der Waals surface area contributed by atoms with Crippen molar-refractivity contribution in [2.45, 2.75) is 32.2 Å². The highest BCUT2D eigenvalue weighted by Gasteiger charge is 2.22. The van der Waals surface area contributed by atoms with Crippen LogP contribution in [0, 0.1) is 0 Å². The third-order valence-corrected chi connectivity index (χ3v) is 3.62. The lowest BCUT2D eigenvalue weighted by Crippen LogP contribution is -2.33. The van der Waals surface area contributed by atoms with Crippen molar-refractivity contribution in [1.82, 2.24) is 9.88 Å². The summed E-state index contributed by atoms with van der Waals surface area (Å²) in [5.74, 6) is 0. The molecule has 0 aliphatic carbocycles. The molecule has 82 valence electrons. The maximum Gasteiger partial charge on any atom is 0.106 e. The van der Waals surface area contributed by atoms with Crippen molar-refractivity contribution in [2.75, 3.05) is 13.1 Å². The van der Waals surface area contributed by atoms with Gasteiger partial charge in [-0.1, -0.05) is 19.4 Å². The molecular formula is C12H17BrN2. The van der Waals surface area contributed by atoms with Gasteiger partial charge in [0.25, 0.3) is 0 Å². The molecule has 15 heavy (non-hydrogen) atoms. The van der Waals surface area contributed by atoms with Gasteiger partial charge in [-0.15, -0.1) is 0 Å². The number of aromatic nitrogens is 1. The van der Waals surface area contributed by atoms with Crippen LogP contribution in [0.25, 0.3) is 0 Å². The van der Waals surface area contributed by atoms with Crippen LogP contribution < -0.4 is 0 Å². The maximum absolute atomic E-state index is 4.31. The number of halogens is 1. The molecule has 2 nitrogen and oxygen atoms in total. The van der Waals surface area contributed by atoms with Gasteiger partial charge in [0.15, 0.2) is 0 Å². The molecule has 1 aliphatic heterocycles. The van der Waals surface area contributed by atoms with Crippen LogP contribution in [0.5, 0.6) is 0 Å². The summed E-state index contributed by atoms with van der Waals surface area (Å²) in [5.41, 5.74) is 1.36. The van der Waals surface area contributed by atoms with Crippen molar-refractivity contribution in [2.24, 2.45) is 0 Å². The number of likely N-dealkylation sites (tertiary alicyclic amines) is 1. The Kier molecular flexibility index (Phi) is 3.76. The molecule has 1 aromatic heterocycles. The van der Waals surface area contributed by atoms with Gasteiger partial charge in [-0.05, 0) is 53.5 Å². The molecule has 2 heterocycles. The van der Waals surface area contributed by atoms with E-state index in [2.05, 4.69) is 38.8 Å². The van der Waals surface area contributed by atoms with Gasteiger partial charge >= 0.3 is 0 Å². The predicted octanol–water partition coefficient (Wildman–Crippen LogP) is 3.39. The van der Waals surface area contributed by atoms with Crippen molar-refractivity contribution in [3.05, 3.63) is 28.5 Å². The van der Waals surface area contributed by atoms with Crippen LogP contribution in [0.2, 0.25) is 0 Å². The second-order valence-corrected chi connectivity index (χ2v) is 4.87. The van der Waals surface area contributed by atoms with Gasteiger partial charge in [0.2, 0.25) is 0 Å². The molecule has 0 spiro atoms. The standard InChI is InChI=1S/C12H17BrN2/c1-2-15-8-4-3-5-11(15)10-6-7-12(13)14-9-10/h6-7,9,11H,2-5,8H2,1H3/t11-/m0/s1. The number of piperidine rings is 1. The van der Waals surface area contributed by atoms with Crippen LogP contribution in [0.15, 0.2) is 22.9 Å². The zero-order valence-electron chi connectivity index (χ0n) is 9.12. The van der Waals surface area contributed by atoms with Gasteiger partial charge in [-0.25, -0.2) is 4.98 Å². The molecule has 1 saturated heterocycles. The summed E-state index contributed by atoms with van der Waals surface area (Å²) in [6.45, 7) is 4.61. The number of nitrogens with zero attached hydrogens (tertiary/aromatic N) is 2. The topological polar surface area (TPSA) is 16.1 Å². The number of hydrogen-bond donors (Lipinski definition) is 0. The molecule has 1 fully saturated rings. The van der Waals surface area contributed by atoms with Crippen LogP contribution in [0.3, 0.4) is 0 Å². The van der Waals surface area contributed by atoms with Gasteiger partial charge in [-0.3, -0.25) is 4.90 Å². The quantitative estimate of drug-likeness (QED) is 0.765. The fourth-order valence-electron chi connectivity index (χ4n) is 2.33. The lowest BCUT2D eigenvalue weighted by atomic mass is 9.96. The summed E-state index contributed by atoms with van der Waals surface area (Å²) in [4.78, 5) is 6.86. The highest BCUT2D eigenvalue weighted by molar-refractivity contribution is 9.10. The monoisotopic (exact) mass is 268 g/mol. The first-order chi connectivity index (χ1) is 7.31. The summed E-state index contributed by atoms with van der Waals surface area (Å²) in [5, 5.41) is 0. The maximum atomic E-state index is 4.31. The van der Waals surface area contributed by atoms with Crippen molar-refractivity contribution in [3.63, 3.8) is 0 Å². The van der Waals surface area contributed by atoms with E-state index in [4.69, 9.17) is 0 Å². The first kappa shape index (κ1) is 11.1. The average molecular weight is 269 g/mol. The van der Waals surface area contributed by atoms with E-state index in [-0.39, 0.29) is 0 Å². The lowest BCUT2D eigenvalue weighted by molar-refractivity contribution is 0.157. The summed E-state index contributed by atoms with van der Waals surface area (Å²) in [6.07, 6.45) is 5.96. The second kappa shape index (κ2) is 5.08. The molecule has 0 N–H and O–H groups in total. The first-order valence-corrected chi connectivity index (χ1v) is 6.46. The molecule has 0 saturated carbocycles. The van der Waals surface area contributed by atoms with Crippen LogP contribution in [-0.4, -0.2) is 23.0 Å². The van der Waals surface area contributed by atoms with E-state index in [1.165, 1.54) is 31.4 Å². The molecular weight excluding hydrogens is 252 g/mol. The first-order valence-electron chi connectivity index (χ1n) is 5.66. The molecule has 2 rings (SSSR count). The molecule has 1 aliphatic rings. The van der Waals surface area contributed by atoms with Crippen LogP contribution in [0.1, 0.15) is 37.8 Å². The normalized spacial score (nSPS) is 22.9. The molecule has 0 amide bonds. The third-order valence-electron chi connectivity index (χ3n) is 3.15. The van der Waals surface area contributed by atoms with Crippen LogP contribution in [0.4, 0.5) is 0 Å².